The van der Waals surface area contributed by atoms with Crippen molar-refractivity contribution in [1.29, 1.82) is 0 Å². The van der Waals surface area contributed by atoms with Gasteiger partial charge in [0.15, 0.2) is 0 Å². The molecule has 0 amide bonds. The first-order valence-electron chi connectivity index (χ1n) is 2.86. The highest BCUT2D eigenvalue weighted by Crippen LogP contribution is 2.02. The fourth-order valence-electron chi connectivity index (χ4n) is 0.596. The van der Waals surface area contributed by atoms with Gasteiger partial charge in [0.1, 0.15) is 0 Å². The normalized spacial score (nSPS) is 15.4. The average molecular weight is 152 g/mol. The van der Waals surface area contributed by atoms with Crippen molar-refractivity contribution in [2.24, 2.45) is 0 Å². The third-order valence-corrected chi connectivity index (χ3v) is 4.64. The molecule has 0 aliphatic heterocycles. The van der Waals surface area contributed by atoms with Crippen LogP contribution in [0.2, 0.25) is 13.1 Å². The predicted octanol–water partition coefficient (Wildman–Crippen LogP) is 1.14. The van der Waals surface area contributed by atoms with Crippen molar-refractivity contribution in [1.82, 2.24) is 4.90 Å². The van der Waals surface area contributed by atoms with Gasteiger partial charge in [0.2, 0.25) is 0 Å². The van der Waals surface area contributed by atoms with E-state index in [0.29, 0.717) is 5.12 Å². The summed E-state index contributed by atoms with van der Waals surface area (Å²) in [6.07, 6.45) is 0. The number of alkyl halides is 1. The van der Waals surface area contributed by atoms with Crippen LogP contribution in [0.1, 0.15) is 0 Å². The van der Waals surface area contributed by atoms with Crippen LogP contribution in [0.4, 0.5) is 0 Å². The molecule has 0 spiro atoms. The van der Waals surface area contributed by atoms with E-state index >= 15 is 0 Å². The maximum Gasteiger partial charge on any atom is 0.0705 e. The van der Waals surface area contributed by atoms with Crippen LogP contribution >= 0.6 is 11.6 Å². The van der Waals surface area contributed by atoms with Crippen LogP contribution in [0, 0.1) is 0 Å². The minimum Gasteiger partial charge on any atom is -0.297 e. The summed E-state index contributed by atoms with van der Waals surface area (Å²) in [4.78, 5) is 2.07. The molecule has 0 radical (unpaired) electrons. The van der Waals surface area contributed by atoms with Crippen molar-refractivity contribution >= 4 is 20.4 Å². The highest BCUT2D eigenvalue weighted by Gasteiger charge is 2.11. The Balaban J connectivity index is 3.46. The molecule has 1 atom stereocenters. The van der Waals surface area contributed by atoms with Gasteiger partial charge in [0.25, 0.3) is 0 Å². The summed E-state index contributed by atoms with van der Waals surface area (Å²) in [7, 11) is 3.41. The minimum absolute atomic E-state index is 0.315. The third-order valence-electron chi connectivity index (χ3n) is 1.04. The molecule has 0 fully saturated rings. The van der Waals surface area contributed by atoms with E-state index in [4.69, 9.17) is 11.6 Å². The average Bonchev–Trinajstić information content (AvgIpc) is 1.64. The van der Waals surface area contributed by atoms with E-state index in [1.807, 2.05) is 14.1 Å². The highest BCUT2D eigenvalue weighted by atomic mass is 35.5. The molecule has 50 valence electrons. The number of nitrogens with zero attached hydrogens (tertiary/aromatic N) is 1. The summed E-state index contributed by atoms with van der Waals surface area (Å²) in [6, 6.07) is 0. The molecule has 0 aliphatic carbocycles. The van der Waals surface area contributed by atoms with Crippen LogP contribution in [0.5, 0.6) is 0 Å². The SMILES string of the molecule is CN(C)C(Cl)[SiH](C)C. The van der Waals surface area contributed by atoms with E-state index in [1.165, 1.54) is 0 Å². The van der Waals surface area contributed by atoms with Crippen LogP contribution in [0.3, 0.4) is 0 Å². The van der Waals surface area contributed by atoms with Gasteiger partial charge in [-0.1, -0.05) is 13.1 Å². The summed E-state index contributed by atoms with van der Waals surface area (Å²) in [5.74, 6) is 0. The molecule has 8 heavy (non-hydrogen) atoms. The maximum atomic E-state index is 5.94. The van der Waals surface area contributed by atoms with Gasteiger partial charge < -0.3 is 0 Å². The van der Waals surface area contributed by atoms with E-state index in [1.54, 1.807) is 0 Å². The molecule has 1 unspecified atom stereocenters. The second-order valence-electron chi connectivity index (χ2n) is 2.58. The largest absolute Gasteiger partial charge is 0.297 e. The van der Waals surface area contributed by atoms with Crippen molar-refractivity contribution in [2.45, 2.75) is 18.2 Å². The molecular weight excluding hydrogens is 138 g/mol. The van der Waals surface area contributed by atoms with Crippen LogP contribution in [-0.4, -0.2) is 32.9 Å². The summed E-state index contributed by atoms with van der Waals surface area (Å²) in [5, 5.41) is 0.315. The maximum absolute atomic E-state index is 5.94. The van der Waals surface area contributed by atoms with Crippen molar-refractivity contribution in [3.05, 3.63) is 0 Å². The molecule has 0 aromatic rings. The van der Waals surface area contributed by atoms with Gasteiger partial charge in [0, 0.05) is 0 Å². The number of hydrogen-bond donors (Lipinski definition) is 0. The first-order valence-corrected chi connectivity index (χ1v) is 6.27. The van der Waals surface area contributed by atoms with E-state index in [0.717, 1.165) is 0 Å². The van der Waals surface area contributed by atoms with Gasteiger partial charge in [-0.25, -0.2) is 0 Å². The van der Waals surface area contributed by atoms with Crippen molar-refractivity contribution in [2.75, 3.05) is 14.1 Å². The van der Waals surface area contributed by atoms with Gasteiger partial charge in [-0.15, -0.1) is 11.6 Å². The topological polar surface area (TPSA) is 3.24 Å². The Morgan fingerprint density at radius 3 is 1.75 bits per heavy atom. The molecule has 0 saturated carbocycles. The summed E-state index contributed by atoms with van der Waals surface area (Å²) >= 11 is 5.94. The lowest BCUT2D eigenvalue weighted by molar-refractivity contribution is 0.442. The first-order chi connectivity index (χ1) is 3.55. The van der Waals surface area contributed by atoms with Crippen LogP contribution < -0.4 is 0 Å². The fourth-order valence-corrected chi connectivity index (χ4v) is 1.79. The van der Waals surface area contributed by atoms with Gasteiger partial charge in [-0.2, -0.15) is 0 Å². The van der Waals surface area contributed by atoms with E-state index in [-0.39, 0.29) is 0 Å². The van der Waals surface area contributed by atoms with E-state index in [9.17, 15) is 0 Å². The summed E-state index contributed by atoms with van der Waals surface area (Å²) in [5.41, 5.74) is 0. The molecule has 3 heteroatoms. The van der Waals surface area contributed by atoms with Crippen molar-refractivity contribution in [3.8, 4) is 0 Å². The standard InChI is InChI=1S/C5H14ClNSi/c1-7(2)5(6)8(3)4/h5,8H,1-4H3. The Morgan fingerprint density at radius 1 is 1.38 bits per heavy atom. The Bertz CT molecular complexity index is 57.4. The van der Waals surface area contributed by atoms with E-state index < -0.39 is 8.80 Å². The Labute approximate surface area is 58.2 Å². The first kappa shape index (κ1) is 8.47. The van der Waals surface area contributed by atoms with Crippen molar-refractivity contribution < 1.29 is 0 Å². The molecule has 0 rings (SSSR count). The molecule has 0 N–H and O–H groups in total. The molecule has 0 aliphatic rings. The molecule has 0 aromatic carbocycles. The smallest absolute Gasteiger partial charge is 0.0705 e. The van der Waals surface area contributed by atoms with Gasteiger partial charge >= 0.3 is 0 Å². The second-order valence-corrected chi connectivity index (χ2v) is 6.57. The lowest BCUT2D eigenvalue weighted by Gasteiger charge is -2.19. The lowest BCUT2D eigenvalue weighted by atomic mass is 11.0. The third kappa shape index (κ3) is 2.70. The van der Waals surface area contributed by atoms with Crippen LogP contribution in [-0.2, 0) is 0 Å². The zero-order chi connectivity index (χ0) is 6.73. The van der Waals surface area contributed by atoms with Gasteiger partial charge in [-0.05, 0) is 14.1 Å². The minimum atomic E-state index is -0.631. The predicted molar refractivity (Wildman–Crippen MR) is 42.2 cm³/mol. The zero-order valence-corrected chi connectivity index (χ0v) is 7.89. The summed E-state index contributed by atoms with van der Waals surface area (Å²) < 4.78 is 0. The van der Waals surface area contributed by atoms with Gasteiger partial charge in [-0.3, -0.25) is 4.90 Å². The Morgan fingerprint density at radius 2 is 1.75 bits per heavy atom. The number of rotatable bonds is 2. The van der Waals surface area contributed by atoms with Crippen LogP contribution in [0.25, 0.3) is 0 Å². The highest BCUT2D eigenvalue weighted by molar-refractivity contribution is 6.66. The quantitative estimate of drug-likeness (QED) is 0.325. The number of hydrogen-bond acceptors (Lipinski definition) is 1. The Kier molecular flexibility index (Phi) is 3.69. The fraction of sp³-hybridized carbons (Fsp3) is 1.00. The monoisotopic (exact) mass is 151 g/mol. The molecule has 0 aromatic heterocycles. The van der Waals surface area contributed by atoms with Crippen molar-refractivity contribution in [3.63, 3.8) is 0 Å². The number of halogens is 1. The Hall–Kier alpha value is 0.467. The van der Waals surface area contributed by atoms with Gasteiger partial charge in [0.05, 0.1) is 13.9 Å². The van der Waals surface area contributed by atoms with E-state index in [2.05, 4.69) is 18.0 Å². The molecule has 1 nitrogen and oxygen atoms in total. The second kappa shape index (κ2) is 3.48. The van der Waals surface area contributed by atoms with Crippen LogP contribution in [0.15, 0.2) is 0 Å². The lowest BCUT2D eigenvalue weighted by Crippen LogP contribution is -2.33. The molecule has 0 bridgehead atoms. The molecule has 0 saturated heterocycles. The zero-order valence-electron chi connectivity index (χ0n) is 5.98. The summed E-state index contributed by atoms with van der Waals surface area (Å²) in [6.45, 7) is 4.50. The molecule has 0 heterocycles. The molecular formula is C5H14ClNSi.